The van der Waals surface area contributed by atoms with E-state index >= 15 is 0 Å². The molecule has 0 spiro atoms. The maximum atomic E-state index is 12.2. The second kappa shape index (κ2) is 6.52. The number of aryl methyl sites for hydroxylation is 2. The first kappa shape index (κ1) is 16.3. The molecule has 8 nitrogen and oxygen atoms in total. The molecule has 0 saturated heterocycles. The molecule has 3 rings (SSSR count). The van der Waals surface area contributed by atoms with E-state index in [0.29, 0.717) is 22.6 Å². The predicted molar refractivity (Wildman–Crippen MR) is 88.6 cm³/mol. The smallest absolute Gasteiger partial charge is 0.238 e. The first-order valence-electron chi connectivity index (χ1n) is 7.30. The van der Waals surface area contributed by atoms with E-state index in [-0.39, 0.29) is 11.2 Å². The molecule has 0 aromatic carbocycles. The zero-order valence-corrected chi connectivity index (χ0v) is 14.5. The van der Waals surface area contributed by atoms with Crippen molar-refractivity contribution in [1.29, 1.82) is 0 Å². The van der Waals surface area contributed by atoms with Crippen LogP contribution in [0.5, 0.6) is 0 Å². The fraction of sp³-hybridized carbons (Fsp3) is 0.333. The van der Waals surface area contributed by atoms with Gasteiger partial charge in [0.25, 0.3) is 0 Å². The Bertz CT molecular complexity index is 866. The van der Waals surface area contributed by atoms with Crippen LogP contribution in [0.15, 0.2) is 32.5 Å². The first-order valence-corrected chi connectivity index (χ1v) is 8.18. The van der Waals surface area contributed by atoms with E-state index in [1.165, 1.54) is 11.8 Å². The summed E-state index contributed by atoms with van der Waals surface area (Å²) in [6.07, 6.45) is 1.61. The number of rotatable bonds is 5. The van der Waals surface area contributed by atoms with Gasteiger partial charge in [-0.15, -0.1) is 10.2 Å². The van der Waals surface area contributed by atoms with Gasteiger partial charge < -0.3 is 18.8 Å². The number of furan rings is 1. The Labute approximate surface area is 142 Å². The molecule has 0 saturated carbocycles. The Hall–Kier alpha value is -2.55. The Balaban J connectivity index is 1.71. The number of aromatic nitrogens is 4. The molecule has 3 aromatic rings. The zero-order chi connectivity index (χ0) is 17.3. The second-order valence-corrected chi connectivity index (χ2v) is 6.64. The van der Waals surface area contributed by atoms with E-state index in [9.17, 15) is 4.79 Å². The lowest BCUT2D eigenvalue weighted by atomic mass is 10.2. The molecule has 1 unspecified atom stereocenters. The number of nitrogens with zero attached hydrogens (tertiary/aromatic N) is 4. The van der Waals surface area contributed by atoms with E-state index in [0.717, 1.165) is 11.3 Å². The average Bonchev–Trinajstić information content (AvgIpc) is 3.22. The number of carbonyl (C=O) groups is 1. The monoisotopic (exact) mass is 347 g/mol. The summed E-state index contributed by atoms with van der Waals surface area (Å²) in [5.41, 5.74) is 0.882. The van der Waals surface area contributed by atoms with Crippen LogP contribution >= 0.6 is 11.8 Å². The minimum absolute atomic E-state index is 0.183. The molecular formula is C15H17N5O3S. The standard InChI is InChI=1S/C15H17N5O3S/c1-8-7-12(19-23-8)16-14(21)10(3)24-15-18-17-13(20(15)4)11-5-6-22-9(11)2/h5-7,10H,1-4H3,(H,16,19,21). The quantitative estimate of drug-likeness (QED) is 0.708. The lowest BCUT2D eigenvalue weighted by Gasteiger charge is -2.09. The average molecular weight is 347 g/mol. The summed E-state index contributed by atoms with van der Waals surface area (Å²) in [7, 11) is 1.86. The molecule has 0 bridgehead atoms. The summed E-state index contributed by atoms with van der Waals surface area (Å²) in [5, 5.41) is 15.1. The highest BCUT2D eigenvalue weighted by Crippen LogP contribution is 2.28. The van der Waals surface area contributed by atoms with Crippen molar-refractivity contribution in [2.24, 2.45) is 7.05 Å². The molecule has 1 N–H and O–H groups in total. The van der Waals surface area contributed by atoms with Crippen molar-refractivity contribution in [1.82, 2.24) is 19.9 Å². The second-order valence-electron chi connectivity index (χ2n) is 5.33. The van der Waals surface area contributed by atoms with Crippen molar-refractivity contribution < 1.29 is 13.7 Å². The fourth-order valence-corrected chi connectivity index (χ4v) is 2.95. The van der Waals surface area contributed by atoms with Crippen molar-refractivity contribution in [3.63, 3.8) is 0 Å². The largest absolute Gasteiger partial charge is 0.469 e. The molecule has 9 heteroatoms. The Morgan fingerprint density at radius 3 is 2.79 bits per heavy atom. The molecule has 1 amide bonds. The number of hydrogen-bond donors (Lipinski definition) is 1. The first-order chi connectivity index (χ1) is 11.5. The number of anilines is 1. The van der Waals surface area contributed by atoms with E-state index in [1.54, 1.807) is 26.2 Å². The van der Waals surface area contributed by atoms with Crippen LogP contribution < -0.4 is 5.32 Å². The van der Waals surface area contributed by atoms with Crippen molar-refractivity contribution in [2.75, 3.05) is 5.32 Å². The van der Waals surface area contributed by atoms with Gasteiger partial charge in [0.15, 0.2) is 16.8 Å². The Kier molecular flexibility index (Phi) is 4.43. The predicted octanol–water partition coefficient (Wildman–Crippen LogP) is 2.80. The van der Waals surface area contributed by atoms with Crippen molar-refractivity contribution in [3.8, 4) is 11.4 Å². The maximum Gasteiger partial charge on any atom is 0.238 e. The molecule has 24 heavy (non-hydrogen) atoms. The van der Waals surface area contributed by atoms with Gasteiger partial charge in [-0.05, 0) is 26.8 Å². The van der Waals surface area contributed by atoms with Gasteiger partial charge in [0.1, 0.15) is 11.5 Å². The maximum absolute atomic E-state index is 12.2. The highest BCUT2D eigenvalue weighted by atomic mass is 32.2. The highest BCUT2D eigenvalue weighted by Gasteiger charge is 2.21. The number of nitrogens with one attached hydrogen (secondary N) is 1. The number of thioether (sulfide) groups is 1. The van der Waals surface area contributed by atoms with Crippen molar-refractivity contribution in [3.05, 3.63) is 29.9 Å². The molecule has 0 fully saturated rings. The Morgan fingerprint density at radius 2 is 2.17 bits per heavy atom. The molecule has 3 aromatic heterocycles. The third-order valence-corrected chi connectivity index (χ3v) is 4.60. The lowest BCUT2D eigenvalue weighted by Crippen LogP contribution is -2.23. The summed E-state index contributed by atoms with van der Waals surface area (Å²) in [4.78, 5) is 12.2. The van der Waals surface area contributed by atoms with Gasteiger partial charge in [0, 0.05) is 13.1 Å². The van der Waals surface area contributed by atoms with Crippen LogP contribution in [-0.2, 0) is 11.8 Å². The molecule has 0 aliphatic carbocycles. The van der Waals surface area contributed by atoms with Crippen LogP contribution in [0.4, 0.5) is 5.82 Å². The van der Waals surface area contributed by atoms with Crippen LogP contribution in [-0.4, -0.2) is 31.1 Å². The van der Waals surface area contributed by atoms with Gasteiger partial charge in [-0.1, -0.05) is 16.9 Å². The third-order valence-electron chi connectivity index (χ3n) is 3.47. The van der Waals surface area contributed by atoms with Crippen molar-refractivity contribution >= 4 is 23.5 Å². The van der Waals surface area contributed by atoms with Gasteiger partial charge in [0.2, 0.25) is 5.91 Å². The molecular weight excluding hydrogens is 330 g/mol. The van der Waals surface area contributed by atoms with E-state index in [4.69, 9.17) is 8.94 Å². The summed E-state index contributed by atoms with van der Waals surface area (Å²) in [6, 6.07) is 3.51. The summed E-state index contributed by atoms with van der Waals surface area (Å²) in [5.74, 6) is 2.33. The van der Waals surface area contributed by atoms with Crippen LogP contribution in [0.3, 0.4) is 0 Å². The normalized spacial score (nSPS) is 12.3. The van der Waals surface area contributed by atoms with Gasteiger partial charge >= 0.3 is 0 Å². The fourth-order valence-electron chi connectivity index (χ4n) is 2.13. The summed E-state index contributed by atoms with van der Waals surface area (Å²) in [6.45, 7) is 5.43. The van der Waals surface area contributed by atoms with E-state index in [2.05, 4.69) is 20.7 Å². The summed E-state index contributed by atoms with van der Waals surface area (Å²) < 4.78 is 12.1. The number of amides is 1. The molecule has 0 aliphatic rings. The van der Waals surface area contributed by atoms with Crippen LogP contribution in [0.1, 0.15) is 18.4 Å². The SMILES string of the molecule is Cc1cc(NC(=O)C(C)Sc2nnc(-c3ccoc3C)n2C)no1. The molecule has 0 aliphatic heterocycles. The minimum atomic E-state index is -0.372. The lowest BCUT2D eigenvalue weighted by molar-refractivity contribution is -0.115. The molecule has 3 heterocycles. The highest BCUT2D eigenvalue weighted by molar-refractivity contribution is 8.00. The van der Waals surface area contributed by atoms with Gasteiger partial charge in [-0.2, -0.15) is 0 Å². The van der Waals surface area contributed by atoms with Gasteiger partial charge in [-0.25, -0.2) is 0 Å². The third kappa shape index (κ3) is 3.21. The van der Waals surface area contributed by atoms with E-state index < -0.39 is 0 Å². The van der Waals surface area contributed by atoms with Crippen LogP contribution in [0.25, 0.3) is 11.4 Å². The molecule has 126 valence electrons. The Morgan fingerprint density at radius 1 is 1.38 bits per heavy atom. The van der Waals surface area contributed by atoms with Crippen LogP contribution in [0, 0.1) is 13.8 Å². The van der Waals surface area contributed by atoms with E-state index in [1.807, 2.05) is 24.6 Å². The molecule has 1 atom stereocenters. The minimum Gasteiger partial charge on any atom is -0.469 e. The number of carbonyl (C=O) groups excluding carboxylic acids is 1. The molecule has 0 radical (unpaired) electrons. The zero-order valence-electron chi connectivity index (χ0n) is 13.7. The summed E-state index contributed by atoms with van der Waals surface area (Å²) >= 11 is 1.32. The van der Waals surface area contributed by atoms with Gasteiger partial charge in [-0.3, -0.25) is 4.79 Å². The van der Waals surface area contributed by atoms with Gasteiger partial charge in [0.05, 0.1) is 17.1 Å². The topological polar surface area (TPSA) is 99.0 Å². The number of hydrogen-bond acceptors (Lipinski definition) is 7. The van der Waals surface area contributed by atoms with Crippen LogP contribution in [0.2, 0.25) is 0 Å². The van der Waals surface area contributed by atoms with Crippen molar-refractivity contribution in [2.45, 2.75) is 31.2 Å².